The Hall–Kier alpha value is -0.770. The molecule has 17 heavy (non-hydrogen) atoms. The van der Waals surface area contributed by atoms with Crippen LogP contribution in [0.4, 0.5) is 4.79 Å². The molecule has 1 spiro atoms. The molecule has 2 atom stereocenters. The van der Waals surface area contributed by atoms with Gasteiger partial charge in [-0.05, 0) is 51.4 Å². The highest BCUT2D eigenvalue weighted by molar-refractivity contribution is 5.68. The number of amides is 1. The molecule has 0 radical (unpaired) electrons. The minimum atomic E-state index is -0.429. The first-order chi connectivity index (χ1) is 7.86. The summed E-state index contributed by atoms with van der Waals surface area (Å²) in [5.74, 6) is 0.396. The first-order valence-electron chi connectivity index (χ1n) is 6.45. The molecule has 2 aliphatic rings. The topological polar surface area (TPSA) is 49.8 Å². The number of aliphatic hydroxyl groups is 1. The molecule has 0 unspecified atom stereocenters. The van der Waals surface area contributed by atoms with Crippen LogP contribution in [0.1, 0.15) is 40.0 Å². The van der Waals surface area contributed by atoms with Gasteiger partial charge in [0.25, 0.3) is 0 Å². The Bertz CT molecular complexity index is 310. The van der Waals surface area contributed by atoms with Crippen LogP contribution >= 0.6 is 0 Å². The first kappa shape index (κ1) is 12.7. The van der Waals surface area contributed by atoms with E-state index in [0.29, 0.717) is 5.92 Å². The second-order valence-corrected chi connectivity index (χ2v) is 6.45. The van der Waals surface area contributed by atoms with Crippen molar-refractivity contribution in [2.75, 3.05) is 19.7 Å². The number of nitrogens with zero attached hydrogens (tertiary/aromatic N) is 1. The van der Waals surface area contributed by atoms with E-state index >= 15 is 0 Å². The van der Waals surface area contributed by atoms with Crippen LogP contribution in [0.15, 0.2) is 0 Å². The maximum Gasteiger partial charge on any atom is 0.410 e. The van der Waals surface area contributed by atoms with Crippen LogP contribution in [0.25, 0.3) is 0 Å². The molecule has 1 saturated heterocycles. The van der Waals surface area contributed by atoms with Crippen molar-refractivity contribution in [1.82, 2.24) is 4.90 Å². The maximum atomic E-state index is 12.0. The van der Waals surface area contributed by atoms with Crippen molar-refractivity contribution in [3.8, 4) is 0 Å². The van der Waals surface area contributed by atoms with Crippen molar-refractivity contribution in [1.29, 1.82) is 0 Å². The third-order valence-electron chi connectivity index (χ3n) is 3.84. The Morgan fingerprint density at radius 3 is 2.76 bits per heavy atom. The molecule has 0 aromatic heterocycles. The zero-order valence-corrected chi connectivity index (χ0v) is 11.0. The Labute approximate surface area is 103 Å². The van der Waals surface area contributed by atoms with Crippen LogP contribution in [-0.2, 0) is 4.74 Å². The second kappa shape index (κ2) is 4.16. The van der Waals surface area contributed by atoms with Gasteiger partial charge in [0.1, 0.15) is 5.60 Å². The van der Waals surface area contributed by atoms with Crippen LogP contribution < -0.4 is 0 Å². The third-order valence-corrected chi connectivity index (χ3v) is 3.84. The molecule has 1 saturated carbocycles. The van der Waals surface area contributed by atoms with Gasteiger partial charge in [-0.2, -0.15) is 0 Å². The molecule has 2 fully saturated rings. The summed E-state index contributed by atoms with van der Waals surface area (Å²) in [7, 11) is 0. The lowest BCUT2D eigenvalue weighted by molar-refractivity contribution is 0.0128. The summed E-state index contributed by atoms with van der Waals surface area (Å²) >= 11 is 0. The highest BCUT2D eigenvalue weighted by atomic mass is 16.6. The normalized spacial score (nSPS) is 32.7. The van der Waals surface area contributed by atoms with Crippen LogP contribution in [0.5, 0.6) is 0 Å². The van der Waals surface area contributed by atoms with Gasteiger partial charge in [-0.15, -0.1) is 0 Å². The molecule has 4 heteroatoms. The number of piperidine rings is 1. The van der Waals surface area contributed by atoms with Crippen molar-refractivity contribution in [2.45, 2.75) is 45.6 Å². The van der Waals surface area contributed by atoms with Crippen molar-refractivity contribution in [3.05, 3.63) is 0 Å². The lowest BCUT2D eigenvalue weighted by Gasteiger charge is -2.35. The van der Waals surface area contributed by atoms with Gasteiger partial charge in [-0.1, -0.05) is 0 Å². The second-order valence-electron chi connectivity index (χ2n) is 6.45. The summed E-state index contributed by atoms with van der Waals surface area (Å²) in [6.07, 6.45) is 3.01. The predicted molar refractivity (Wildman–Crippen MR) is 64.7 cm³/mol. The number of carbonyl (C=O) groups excluding carboxylic acids is 1. The van der Waals surface area contributed by atoms with Crippen LogP contribution in [0.2, 0.25) is 0 Å². The van der Waals surface area contributed by atoms with E-state index < -0.39 is 5.60 Å². The fourth-order valence-corrected chi connectivity index (χ4v) is 2.83. The van der Waals surface area contributed by atoms with Crippen LogP contribution in [-0.4, -0.2) is 41.4 Å². The molecule has 98 valence electrons. The highest BCUT2D eigenvalue weighted by Gasteiger charge is 2.55. The number of rotatable bonds is 1. The van der Waals surface area contributed by atoms with Crippen LogP contribution in [0, 0.1) is 11.3 Å². The number of hydrogen-bond donors (Lipinski definition) is 1. The third kappa shape index (κ3) is 2.73. The molecule has 4 nitrogen and oxygen atoms in total. The lowest BCUT2D eigenvalue weighted by Crippen LogP contribution is -2.44. The first-order valence-corrected chi connectivity index (χ1v) is 6.45. The molecule has 2 rings (SSSR count). The van der Waals surface area contributed by atoms with Gasteiger partial charge in [-0.3, -0.25) is 0 Å². The molecule has 1 N–H and O–H groups in total. The Morgan fingerprint density at radius 1 is 1.53 bits per heavy atom. The highest BCUT2D eigenvalue weighted by Crippen LogP contribution is 2.57. The quantitative estimate of drug-likeness (QED) is 0.764. The number of ether oxygens (including phenoxy) is 1. The van der Waals surface area contributed by atoms with Gasteiger partial charge in [0.2, 0.25) is 0 Å². The van der Waals surface area contributed by atoms with Crippen molar-refractivity contribution < 1.29 is 14.6 Å². The Morgan fingerprint density at radius 2 is 2.24 bits per heavy atom. The molecule has 1 amide bonds. The average molecular weight is 241 g/mol. The van der Waals surface area contributed by atoms with E-state index in [4.69, 9.17) is 4.74 Å². The summed E-state index contributed by atoms with van der Waals surface area (Å²) < 4.78 is 5.39. The van der Waals surface area contributed by atoms with Crippen molar-refractivity contribution in [3.63, 3.8) is 0 Å². The van der Waals surface area contributed by atoms with E-state index in [2.05, 4.69) is 0 Å². The van der Waals surface area contributed by atoms with Gasteiger partial charge in [0.15, 0.2) is 0 Å². The van der Waals surface area contributed by atoms with Gasteiger partial charge in [-0.25, -0.2) is 4.79 Å². The van der Waals surface area contributed by atoms with E-state index in [9.17, 15) is 9.90 Å². The largest absolute Gasteiger partial charge is 0.444 e. The Balaban J connectivity index is 1.92. The van der Waals surface area contributed by atoms with Crippen molar-refractivity contribution in [2.24, 2.45) is 11.3 Å². The monoisotopic (exact) mass is 241 g/mol. The van der Waals surface area contributed by atoms with Gasteiger partial charge in [0.05, 0.1) is 0 Å². The standard InChI is InChI=1S/C13H23NO3/c1-12(2,3)17-11(16)14-6-4-5-13(9-14)7-10(13)8-15/h10,15H,4-9H2,1-3H3/t10-,13+/m0/s1. The minimum absolute atomic E-state index is 0.198. The molecule has 1 aliphatic carbocycles. The minimum Gasteiger partial charge on any atom is -0.444 e. The van der Waals surface area contributed by atoms with E-state index in [-0.39, 0.29) is 18.1 Å². The summed E-state index contributed by atoms with van der Waals surface area (Å²) in [6, 6.07) is 0. The van der Waals surface area contributed by atoms with E-state index in [1.807, 2.05) is 25.7 Å². The van der Waals surface area contributed by atoms with E-state index in [1.54, 1.807) is 0 Å². The molecule has 1 aliphatic heterocycles. The number of likely N-dealkylation sites (tertiary alicyclic amines) is 1. The average Bonchev–Trinajstić information content (AvgIpc) is 2.88. The van der Waals surface area contributed by atoms with Crippen molar-refractivity contribution >= 4 is 6.09 Å². The molecule has 0 bridgehead atoms. The lowest BCUT2D eigenvalue weighted by atomic mass is 9.93. The molecule has 0 aromatic rings. The molecular weight excluding hydrogens is 218 g/mol. The number of aliphatic hydroxyl groups excluding tert-OH is 1. The number of carbonyl (C=O) groups is 1. The molecule has 0 aromatic carbocycles. The summed E-state index contributed by atoms with van der Waals surface area (Å²) in [6.45, 7) is 7.46. The summed E-state index contributed by atoms with van der Waals surface area (Å²) in [5, 5.41) is 9.20. The fourth-order valence-electron chi connectivity index (χ4n) is 2.83. The SMILES string of the molecule is CC(C)(C)OC(=O)N1CCC[C@@]2(C[C@H]2CO)C1. The fraction of sp³-hybridized carbons (Fsp3) is 0.923. The van der Waals surface area contributed by atoms with Crippen LogP contribution in [0.3, 0.4) is 0 Å². The number of hydrogen-bond acceptors (Lipinski definition) is 3. The molecular formula is C13H23NO3. The summed E-state index contributed by atoms with van der Waals surface area (Å²) in [5.41, 5.74) is -0.231. The summed E-state index contributed by atoms with van der Waals surface area (Å²) in [4.78, 5) is 13.8. The van der Waals surface area contributed by atoms with E-state index in [1.165, 1.54) is 0 Å². The van der Waals surface area contributed by atoms with Gasteiger partial charge in [0, 0.05) is 19.7 Å². The maximum absolute atomic E-state index is 12.0. The zero-order valence-electron chi connectivity index (χ0n) is 11.0. The smallest absolute Gasteiger partial charge is 0.410 e. The predicted octanol–water partition coefficient (Wildman–Crippen LogP) is 2.02. The molecule has 1 heterocycles. The Kier molecular flexibility index (Phi) is 3.10. The van der Waals surface area contributed by atoms with E-state index in [0.717, 1.165) is 32.4 Å². The zero-order chi connectivity index (χ0) is 12.7. The van der Waals surface area contributed by atoms with Gasteiger partial charge >= 0.3 is 6.09 Å². The van der Waals surface area contributed by atoms with Gasteiger partial charge < -0.3 is 14.7 Å².